The number of hydrogen-bond donors (Lipinski definition) is 1. The molecule has 3 aromatic rings. The smallest absolute Gasteiger partial charge is 0.382 e. The van der Waals surface area contributed by atoms with Crippen LogP contribution in [0.15, 0.2) is 45.9 Å². The SMILES string of the molecule is O=C(Cn1cc(Cl)ccc1=O)c1c(O)oc2ccc(Cl)c[n+]12. The van der Waals surface area contributed by atoms with Gasteiger partial charge in [0.2, 0.25) is 0 Å². The average molecular weight is 340 g/mol. The van der Waals surface area contributed by atoms with Crippen molar-refractivity contribution in [2.24, 2.45) is 0 Å². The minimum absolute atomic E-state index is 0.0932. The molecule has 0 unspecified atom stereocenters. The fraction of sp³-hybridized carbons (Fsp3) is 0.0714. The molecule has 8 heteroatoms. The molecule has 0 radical (unpaired) electrons. The van der Waals surface area contributed by atoms with Gasteiger partial charge in [0.25, 0.3) is 11.3 Å². The van der Waals surface area contributed by atoms with Crippen LogP contribution in [-0.4, -0.2) is 15.5 Å². The molecule has 3 rings (SSSR count). The van der Waals surface area contributed by atoms with E-state index >= 15 is 0 Å². The van der Waals surface area contributed by atoms with E-state index in [0.29, 0.717) is 10.0 Å². The Morgan fingerprint density at radius 1 is 1.23 bits per heavy atom. The molecule has 3 heterocycles. The first-order valence-electron chi connectivity index (χ1n) is 6.17. The van der Waals surface area contributed by atoms with Crippen molar-refractivity contribution in [3.8, 4) is 5.95 Å². The van der Waals surface area contributed by atoms with Gasteiger partial charge < -0.3 is 14.1 Å². The number of aromatic hydroxyl groups is 1. The van der Waals surface area contributed by atoms with Gasteiger partial charge in [0.1, 0.15) is 5.02 Å². The number of aromatic nitrogens is 2. The third-order valence-electron chi connectivity index (χ3n) is 3.05. The molecule has 112 valence electrons. The zero-order valence-electron chi connectivity index (χ0n) is 11.0. The van der Waals surface area contributed by atoms with E-state index < -0.39 is 11.7 Å². The lowest BCUT2D eigenvalue weighted by atomic mass is 10.3. The molecule has 0 aliphatic rings. The van der Waals surface area contributed by atoms with Crippen molar-refractivity contribution in [3.63, 3.8) is 0 Å². The number of carbonyl (C=O) groups is 1. The van der Waals surface area contributed by atoms with Crippen molar-refractivity contribution in [2.75, 3.05) is 0 Å². The van der Waals surface area contributed by atoms with Gasteiger partial charge >= 0.3 is 17.4 Å². The standard InChI is InChI=1S/C14H8Cl2N2O4/c15-8-1-3-11(20)17(5-8)7-10(19)13-14(21)22-12-4-2-9(16)6-18(12)13/h1-6H,7H2/p+1. The molecule has 0 spiro atoms. The van der Waals surface area contributed by atoms with Crippen LogP contribution in [-0.2, 0) is 6.54 Å². The molecule has 0 aliphatic carbocycles. The Labute approximate surface area is 133 Å². The lowest BCUT2D eigenvalue weighted by Gasteiger charge is -2.02. The van der Waals surface area contributed by atoms with E-state index in [1.807, 2.05) is 0 Å². The summed E-state index contributed by atoms with van der Waals surface area (Å²) in [4.78, 5) is 24.1. The Kier molecular flexibility index (Phi) is 3.64. The van der Waals surface area contributed by atoms with Crippen molar-refractivity contribution >= 4 is 34.7 Å². The van der Waals surface area contributed by atoms with Crippen molar-refractivity contribution in [1.82, 2.24) is 4.57 Å². The number of halogens is 2. The molecule has 22 heavy (non-hydrogen) atoms. The van der Waals surface area contributed by atoms with Gasteiger partial charge in [-0.1, -0.05) is 23.2 Å². The first kappa shape index (κ1) is 14.6. The molecule has 0 atom stereocenters. The van der Waals surface area contributed by atoms with E-state index in [1.54, 1.807) is 6.07 Å². The van der Waals surface area contributed by atoms with Crippen molar-refractivity contribution < 1.29 is 18.7 Å². The summed E-state index contributed by atoms with van der Waals surface area (Å²) in [6.45, 7) is -0.291. The zero-order valence-corrected chi connectivity index (χ0v) is 12.5. The van der Waals surface area contributed by atoms with E-state index in [2.05, 4.69) is 0 Å². The largest absolute Gasteiger partial charge is 0.476 e. The lowest BCUT2D eigenvalue weighted by Crippen LogP contribution is -2.31. The normalized spacial score (nSPS) is 11.0. The Hall–Kier alpha value is -2.31. The first-order valence-corrected chi connectivity index (χ1v) is 6.93. The highest BCUT2D eigenvalue weighted by atomic mass is 35.5. The lowest BCUT2D eigenvalue weighted by molar-refractivity contribution is -0.516. The van der Waals surface area contributed by atoms with E-state index in [-0.39, 0.29) is 23.5 Å². The number of hydrogen-bond acceptors (Lipinski definition) is 4. The highest BCUT2D eigenvalue weighted by Gasteiger charge is 2.30. The summed E-state index contributed by atoms with van der Waals surface area (Å²) < 4.78 is 7.57. The number of Topliss-reactive ketones (excluding diaryl/α,β-unsaturated/α-hetero) is 1. The number of carbonyl (C=O) groups excluding carboxylic acids is 1. The van der Waals surface area contributed by atoms with Gasteiger partial charge in [0.15, 0.2) is 6.20 Å². The minimum atomic E-state index is -0.539. The predicted octanol–water partition coefficient (Wildman–Crippen LogP) is 2.08. The zero-order chi connectivity index (χ0) is 15.9. The summed E-state index contributed by atoms with van der Waals surface area (Å²) in [6, 6.07) is 5.77. The number of pyridine rings is 2. The topological polar surface area (TPSA) is 76.5 Å². The molecule has 1 N–H and O–H groups in total. The van der Waals surface area contributed by atoms with Gasteiger partial charge in [0.05, 0.1) is 17.6 Å². The summed E-state index contributed by atoms with van der Waals surface area (Å²) in [5, 5.41) is 10.5. The number of fused-ring (bicyclic) bond motifs is 1. The van der Waals surface area contributed by atoms with Crippen LogP contribution in [0.25, 0.3) is 5.71 Å². The summed E-state index contributed by atoms with van der Waals surface area (Å²) in [5.74, 6) is -1.06. The van der Waals surface area contributed by atoms with Gasteiger partial charge in [-0.05, 0) is 12.1 Å². The van der Waals surface area contributed by atoms with E-state index in [9.17, 15) is 14.7 Å². The molecule has 0 aliphatic heterocycles. The van der Waals surface area contributed by atoms with Gasteiger partial charge in [-0.25, -0.2) is 0 Å². The van der Waals surface area contributed by atoms with Crippen LogP contribution in [0.5, 0.6) is 5.95 Å². The fourth-order valence-corrected chi connectivity index (χ4v) is 2.42. The van der Waals surface area contributed by atoms with Crippen molar-refractivity contribution in [3.05, 3.63) is 62.8 Å². The molecule has 0 saturated carbocycles. The minimum Gasteiger partial charge on any atom is -0.476 e. The quantitative estimate of drug-likeness (QED) is 0.585. The Balaban J connectivity index is 2.06. The highest BCUT2D eigenvalue weighted by Crippen LogP contribution is 2.20. The van der Waals surface area contributed by atoms with E-state index in [0.717, 1.165) is 4.57 Å². The van der Waals surface area contributed by atoms with Gasteiger partial charge in [-0.2, -0.15) is 0 Å². The molecular weight excluding hydrogens is 331 g/mol. The second-order valence-corrected chi connectivity index (χ2v) is 5.42. The molecular formula is C14H9Cl2N2O4+. The second-order valence-electron chi connectivity index (χ2n) is 4.55. The van der Waals surface area contributed by atoms with Crippen LogP contribution in [0.1, 0.15) is 10.5 Å². The third kappa shape index (κ3) is 2.58. The molecule has 0 amide bonds. The monoisotopic (exact) mass is 339 g/mol. The molecule has 0 aromatic carbocycles. The molecule has 0 fully saturated rings. The number of nitrogens with zero attached hydrogens (tertiary/aromatic N) is 2. The average Bonchev–Trinajstić information content (AvgIpc) is 2.78. The van der Waals surface area contributed by atoms with Gasteiger partial charge in [0, 0.05) is 12.3 Å². The maximum Gasteiger partial charge on any atom is 0.382 e. The van der Waals surface area contributed by atoms with Crippen LogP contribution in [0.3, 0.4) is 0 Å². The van der Waals surface area contributed by atoms with Crippen molar-refractivity contribution in [2.45, 2.75) is 6.54 Å². The molecule has 0 saturated heterocycles. The maximum absolute atomic E-state index is 12.4. The van der Waals surface area contributed by atoms with Gasteiger partial charge in [-0.3, -0.25) is 9.59 Å². The Bertz CT molecular complexity index is 946. The summed E-state index contributed by atoms with van der Waals surface area (Å²) in [6.07, 6.45) is 2.78. The first-order chi connectivity index (χ1) is 10.5. The van der Waals surface area contributed by atoms with Crippen LogP contribution >= 0.6 is 23.2 Å². The van der Waals surface area contributed by atoms with E-state index in [1.165, 1.54) is 35.0 Å². The summed E-state index contributed by atoms with van der Waals surface area (Å²) in [7, 11) is 0. The van der Waals surface area contributed by atoms with Crippen LogP contribution in [0, 0.1) is 0 Å². The Morgan fingerprint density at radius 3 is 2.73 bits per heavy atom. The summed E-state index contributed by atoms with van der Waals surface area (Å²) >= 11 is 11.7. The summed E-state index contributed by atoms with van der Waals surface area (Å²) in [5.41, 5.74) is -0.221. The molecule has 0 bridgehead atoms. The van der Waals surface area contributed by atoms with Crippen LogP contribution in [0.4, 0.5) is 0 Å². The maximum atomic E-state index is 12.4. The van der Waals surface area contributed by atoms with Gasteiger partial charge in [-0.15, -0.1) is 4.40 Å². The van der Waals surface area contributed by atoms with E-state index in [4.69, 9.17) is 27.6 Å². The number of ketones is 1. The van der Waals surface area contributed by atoms with Crippen LogP contribution < -0.4 is 9.96 Å². The second kappa shape index (κ2) is 5.47. The fourth-order valence-electron chi connectivity index (χ4n) is 2.08. The third-order valence-corrected chi connectivity index (χ3v) is 3.49. The molecule has 6 nitrogen and oxygen atoms in total. The predicted molar refractivity (Wildman–Crippen MR) is 78.6 cm³/mol. The highest BCUT2D eigenvalue weighted by molar-refractivity contribution is 6.30. The number of oxazole rings is 1. The van der Waals surface area contributed by atoms with Crippen molar-refractivity contribution in [1.29, 1.82) is 0 Å². The van der Waals surface area contributed by atoms with Crippen LogP contribution in [0.2, 0.25) is 10.0 Å². The Morgan fingerprint density at radius 2 is 1.95 bits per heavy atom. The number of rotatable bonds is 3. The molecule has 3 aromatic heterocycles.